The smallest absolute Gasteiger partial charge is 0.141 e. The molecule has 0 unspecified atom stereocenters. The number of hydrogen-bond donors (Lipinski definition) is 0. The van der Waals surface area contributed by atoms with Crippen LogP contribution in [-0.4, -0.2) is 53.9 Å². The molecule has 3 heterocycles. The maximum Gasteiger partial charge on any atom is 0.141 e. The van der Waals surface area contributed by atoms with Crippen molar-refractivity contribution < 1.29 is 4.74 Å². The Hall–Kier alpha value is -2.02. The van der Waals surface area contributed by atoms with Gasteiger partial charge in [-0.05, 0) is 51.1 Å². The molecule has 2 fully saturated rings. The Labute approximate surface area is 182 Å². The van der Waals surface area contributed by atoms with E-state index in [1.165, 1.54) is 29.4 Å². The fraction of sp³-hybridized carbons (Fsp3) is 0.500. The van der Waals surface area contributed by atoms with Crippen molar-refractivity contribution >= 4 is 27.4 Å². The maximum absolute atomic E-state index is 6.03. The number of fused-ring (bicyclic) bond motifs is 1. The summed E-state index contributed by atoms with van der Waals surface area (Å²) in [7, 11) is 4.15. The lowest BCUT2D eigenvalue weighted by atomic mass is 9.98. The summed E-state index contributed by atoms with van der Waals surface area (Å²) in [5.41, 5.74) is 2.43. The van der Waals surface area contributed by atoms with Crippen LogP contribution in [0.1, 0.15) is 38.5 Å². The average molecular weight is 423 g/mol. The van der Waals surface area contributed by atoms with E-state index in [0.717, 1.165) is 49.4 Å². The van der Waals surface area contributed by atoms with E-state index in [1.54, 1.807) is 17.7 Å². The van der Waals surface area contributed by atoms with Gasteiger partial charge in [0.1, 0.15) is 22.7 Å². The molecule has 0 bridgehead atoms. The molecule has 5 nitrogen and oxygen atoms in total. The molecule has 2 aromatic heterocycles. The van der Waals surface area contributed by atoms with E-state index in [1.807, 2.05) is 7.11 Å². The van der Waals surface area contributed by atoms with Crippen LogP contribution >= 0.6 is 11.3 Å². The fourth-order valence-electron chi connectivity index (χ4n) is 5.36. The van der Waals surface area contributed by atoms with E-state index in [9.17, 15) is 0 Å². The number of methoxy groups -OCH3 is 1. The number of nitrogens with zero attached hydrogens (tertiary/aromatic N) is 4. The van der Waals surface area contributed by atoms with Gasteiger partial charge in [-0.15, -0.1) is 11.3 Å². The van der Waals surface area contributed by atoms with E-state index in [4.69, 9.17) is 9.72 Å². The lowest BCUT2D eigenvalue weighted by Crippen LogP contribution is -2.54. The molecule has 2 aliphatic rings. The van der Waals surface area contributed by atoms with Gasteiger partial charge in [0, 0.05) is 37.2 Å². The maximum atomic E-state index is 6.03. The molecule has 0 radical (unpaired) electrons. The summed E-state index contributed by atoms with van der Waals surface area (Å²) >= 11 is 1.71. The minimum absolute atomic E-state index is 0.0527. The minimum Gasteiger partial charge on any atom is -0.364 e. The predicted octanol–water partition coefficient (Wildman–Crippen LogP) is 5.18. The normalized spacial score (nSPS) is 19.8. The standard InChI is InChI=1S/C24H30N4OS/c1-27(24(29-2)12-6-7-13-24)19-10-14-28(15-11-19)22-21-20(18-8-4-3-5-9-18)16-30-23(21)26-17-25-22/h3-5,8-9,16-17,19H,6-7,10-15H2,1-2H3. The molecule has 1 aliphatic heterocycles. The van der Waals surface area contributed by atoms with Crippen molar-refractivity contribution in [3.05, 3.63) is 42.0 Å². The van der Waals surface area contributed by atoms with Crippen LogP contribution < -0.4 is 4.90 Å². The average Bonchev–Trinajstić information content (AvgIpc) is 3.47. The number of aromatic nitrogens is 2. The molecule has 0 N–H and O–H groups in total. The Morgan fingerprint density at radius 1 is 1.10 bits per heavy atom. The van der Waals surface area contributed by atoms with Crippen LogP contribution in [0.25, 0.3) is 21.3 Å². The Balaban J connectivity index is 1.38. The molecule has 0 amide bonds. The zero-order valence-corrected chi connectivity index (χ0v) is 18.7. The number of ether oxygens (including phenoxy) is 1. The Kier molecular flexibility index (Phi) is 5.48. The first-order valence-electron chi connectivity index (χ1n) is 11.0. The molecule has 5 rings (SSSR count). The lowest BCUT2D eigenvalue weighted by Gasteiger charge is -2.45. The van der Waals surface area contributed by atoms with Crippen molar-refractivity contribution in [1.82, 2.24) is 14.9 Å². The van der Waals surface area contributed by atoms with Crippen molar-refractivity contribution in [3.8, 4) is 11.1 Å². The topological polar surface area (TPSA) is 41.5 Å². The largest absolute Gasteiger partial charge is 0.364 e. The van der Waals surface area contributed by atoms with Crippen LogP contribution in [0.4, 0.5) is 5.82 Å². The first-order chi connectivity index (χ1) is 14.7. The highest BCUT2D eigenvalue weighted by Crippen LogP contribution is 2.40. The van der Waals surface area contributed by atoms with Crippen molar-refractivity contribution in [1.29, 1.82) is 0 Å². The third-order valence-corrected chi connectivity index (χ3v) is 8.04. The van der Waals surface area contributed by atoms with E-state index >= 15 is 0 Å². The molecule has 0 spiro atoms. The molecule has 0 atom stereocenters. The molecular weight excluding hydrogens is 392 g/mol. The quantitative estimate of drug-likeness (QED) is 0.530. The molecule has 6 heteroatoms. The monoisotopic (exact) mass is 422 g/mol. The zero-order chi connectivity index (χ0) is 20.6. The van der Waals surface area contributed by atoms with Crippen LogP contribution in [0.5, 0.6) is 0 Å². The van der Waals surface area contributed by atoms with Gasteiger partial charge >= 0.3 is 0 Å². The second-order valence-corrected chi connectivity index (χ2v) is 9.44. The zero-order valence-electron chi connectivity index (χ0n) is 17.9. The minimum atomic E-state index is -0.0527. The molecule has 3 aromatic rings. The molecule has 1 aliphatic carbocycles. The van der Waals surface area contributed by atoms with Crippen molar-refractivity contribution in [2.75, 3.05) is 32.1 Å². The SMILES string of the molecule is COC1(N(C)C2CCN(c3ncnc4scc(-c5ccccc5)c34)CC2)CCCC1. The van der Waals surface area contributed by atoms with Crippen molar-refractivity contribution in [2.24, 2.45) is 0 Å². The molecule has 1 aromatic carbocycles. The van der Waals surface area contributed by atoms with Crippen molar-refractivity contribution in [2.45, 2.75) is 50.3 Å². The van der Waals surface area contributed by atoms with Crippen molar-refractivity contribution in [3.63, 3.8) is 0 Å². The van der Waals surface area contributed by atoms with Gasteiger partial charge in [-0.25, -0.2) is 9.97 Å². The van der Waals surface area contributed by atoms with Gasteiger partial charge < -0.3 is 9.64 Å². The molecule has 30 heavy (non-hydrogen) atoms. The third-order valence-electron chi connectivity index (χ3n) is 7.15. The van der Waals surface area contributed by atoms with Crippen LogP contribution in [0, 0.1) is 0 Å². The van der Waals surface area contributed by atoms with Gasteiger partial charge in [-0.3, -0.25) is 4.90 Å². The Morgan fingerprint density at radius 3 is 2.53 bits per heavy atom. The first kappa shape index (κ1) is 19.9. The van der Waals surface area contributed by atoms with Crippen LogP contribution in [0.2, 0.25) is 0 Å². The number of rotatable bonds is 5. The second-order valence-electron chi connectivity index (χ2n) is 8.58. The highest BCUT2D eigenvalue weighted by atomic mass is 32.1. The fourth-order valence-corrected chi connectivity index (χ4v) is 6.27. The van der Waals surface area contributed by atoms with Gasteiger partial charge in [-0.1, -0.05) is 30.3 Å². The highest BCUT2D eigenvalue weighted by molar-refractivity contribution is 7.17. The summed E-state index contributed by atoms with van der Waals surface area (Å²) in [4.78, 5) is 15.4. The predicted molar refractivity (Wildman–Crippen MR) is 124 cm³/mol. The molecule has 158 valence electrons. The summed E-state index contributed by atoms with van der Waals surface area (Å²) in [5.74, 6) is 1.09. The second kappa shape index (κ2) is 8.25. The van der Waals surface area contributed by atoms with Gasteiger partial charge in [0.15, 0.2) is 0 Å². The van der Waals surface area contributed by atoms with Gasteiger partial charge in [0.25, 0.3) is 0 Å². The summed E-state index contributed by atoms with van der Waals surface area (Å²) in [5, 5.41) is 3.42. The lowest BCUT2D eigenvalue weighted by molar-refractivity contribution is -0.139. The van der Waals surface area contributed by atoms with Gasteiger partial charge in [0.05, 0.1) is 5.39 Å². The molecular formula is C24H30N4OS. The van der Waals surface area contributed by atoms with Crippen LogP contribution in [0.15, 0.2) is 42.0 Å². The van der Waals surface area contributed by atoms with Gasteiger partial charge in [0.2, 0.25) is 0 Å². The third kappa shape index (κ3) is 3.41. The van der Waals surface area contributed by atoms with Crippen LogP contribution in [0.3, 0.4) is 0 Å². The summed E-state index contributed by atoms with van der Waals surface area (Å²) in [6, 6.07) is 11.2. The summed E-state index contributed by atoms with van der Waals surface area (Å²) in [6.07, 6.45) is 8.85. The van der Waals surface area contributed by atoms with Crippen LogP contribution in [-0.2, 0) is 4.74 Å². The molecule has 1 saturated heterocycles. The van der Waals surface area contributed by atoms with Gasteiger partial charge in [-0.2, -0.15) is 0 Å². The number of benzene rings is 1. The van der Waals surface area contributed by atoms with E-state index < -0.39 is 0 Å². The number of piperidine rings is 1. The number of anilines is 1. The summed E-state index contributed by atoms with van der Waals surface area (Å²) in [6.45, 7) is 2.04. The number of hydrogen-bond acceptors (Lipinski definition) is 6. The summed E-state index contributed by atoms with van der Waals surface area (Å²) < 4.78 is 6.03. The highest BCUT2D eigenvalue weighted by Gasteiger charge is 2.41. The first-order valence-corrected chi connectivity index (χ1v) is 11.9. The Bertz CT molecular complexity index is 991. The van der Waals surface area contributed by atoms with E-state index in [-0.39, 0.29) is 5.72 Å². The van der Waals surface area contributed by atoms with E-state index in [0.29, 0.717) is 6.04 Å². The number of thiophene rings is 1. The molecule has 1 saturated carbocycles. The van der Waals surface area contributed by atoms with E-state index in [2.05, 4.69) is 57.5 Å². The Morgan fingerprint density at radius 2 is 1.83 bits per heavy atom.